The molecule has 2 unspecified atom stereocenters. The summed E-state index contributed by atoms with van der Waals surface area (Å²) in [5.41, 5.74) is -2.76. The molecule has 57 heavy (non-hydrogen) atoms. The Kier molecular flexibility index (Phi) is 14.9. The standard InChI is InChI=1S/C43H70ClNO12/c1-13-31(46)43(10,50)38-24(4)34-22(2)19-42(9,57-34)37(56-40-33(47)30(18-23(3)52-40)45(11)21-28-14-16-29(44)17-15-28)25(5)35(26(6)39(49)55-38)54-32-20-41(8,51-12)36(48)27(7)53-32/h14-17,22-27,30-38,40,46-48,50H,13,18-21H2,1-12H3/t22-,23+,24+,25+,26?,27+,30-,31-,32-,33+,34+,35?,36-,37-,38-,40-,41+,42-,43-/m1/s1. The minimum atomic E-state index is -1.81. The summed E-state index contributed by atoms with van der Waals surface area (Å²) in [7, 11) is 3.50. The minimum absolute atomic E-state index is 0.0869. The number of halogens is 1. The highest BCUT2D eigenvalue weighted by molar-refractivity contribution is 6.30. The van der Waals surface area contributed by atoms with E-state index in [-0.39, 0.29) is 30.9 Å². The molecule has 13 nitrogen and oxygen atoms in total. The van der Waals surface area contributed by atoms with Crippen molar-refractivity contribution in [3.05, 3.63) is 34.9 Å². The SMILES string of the molecule is CC[C@@H](O)[C@@](C)(O)[C@@H]1OC(=O)C(C)C(O[C@@H]2C[C@](C)(OC)[C@H](O)[C@H](C)O2)[C@H](C)[C@@H](O[C@H]2O[C@@H](C)C[C@@H](N(C)Cc3ccc(Cl)cc3)[C@@H]2O)[C@@]2(C)C[C@@H](C)[C@H](O2)[C@@H]1C. The van der Waals surface area contributed by atoms with E-state index < -0.39 is 102 Å². The lowest BCUT2D eigenvalue weighted by Crippen LogP contribution is -2.60. The van der Waals surface area contributed by atoms with Gasteiger partial charge in [-0.15, -0.1) is 0 Å². The van der Waals surface area contributed by atoms with Crippen LogP contribution in [0.2, 0.25) is 5.02 Å². The van der Waals surface area contributed by atoms with E-state index >= 15 is 0 Å². The van der Waals surface area contributed by atoms with Crippen molar-refractivity contribution in [2.75, 3.05) is 14.2 Å². The van der Waals surface area contributed by atoms with Gasteiger partial charge in [-0.25, -0.2) is 0 Å². The summed E-state index contributed by atoms with van der Waals surface area (Å²) in [5.74, 6) is -2.81. The summed E-state index contributed by atoms with van der Waals surface area (Å²) in [6.07, 6.45) is -7.91. The van der Waals surface area contributed by atoms with Gasteiger partial charge in [0.1, 0.15) is 23.9 Å². The molecule has 0 aliphatic carbocycles. The zero-order chi connectivity index (χ0) is 42.4. The Hall–Kier alpha value is -1.46. The molecule has 0 saturated carbocycles. The van der Waals surface area contributed by atoms with E-state index in [1.807, 2.05) is 59.0 Å². The third kappa shape index (κ3) is 9.71. The lowest BCUT2D eigenvalue weighted by molar-refractivity contribution is -0.318. The average molecular weight is 828 g/mol. The molecule has 0 aromatic heterocycles. The van der Waals surface area contributed by atoms with E-state index in [1.54, 1.807) is 27.7 Å². The first kappa shape index (κ1) is 46.6. The molecule has 4 fully saturated rings. The highest BCUT2D eigenvalue weighted by Gasteiger charge is 2.59. The van der Waals surface area contributed by atoms with Crippen LogP contribution in [0.1, 0.15) is 100 Å². The molecule has 4 saturated heterocycles. The highest BCUT2D eigenvalue weighted by atomic mass is 35.5. The van der Waals surface area contributed by atoms with Crippen LogP contribution in [0, 0.1) is 23.7 Å². The molecule has 1 aromatic carbocycles. The number of aliphatic hydroxyl groups excluding tert-OH is 3. The first-order chi connectivity index (χ1) is 26.6. The first-order valence-electron chi connectivity index (χ1n) is 20.8. The fourth-order valence-corrected chi connectivity index (χ4v) is 10.2. The predicted octanol–water partition coefficient (Wildman–Crippen LogP) is 4.85. The molecular weight excluding hydrogens is 758 g/mol. The van der Waals surface area contributed by atoms with E-state index in [0.717, 1.165) is 5.56 Å². The molecule has 14 heteroatoms. The number of carbonyl (C=O) groups is 1. The Bertz CT molecular complexity index is 1490. The number of esters is 1. The van der Waals surface area contributed by atoms with Gasteiger partial charge in [0.2, 0.25) is 0 Å². The maximum atomic E-state index is 14.4. The van der Waals surface area contributed by atoms with Crippen LogP contribution >= 0.6 is 11.6 Å². The third-order valence-corrected chi connectivity index (χ3v) is 13.9. The average Bonchev–Trinajstić information content (AvgIpc) is 3.48. The van der Waals surface area contributed by atoms with Gasteiger partial charge < -0.3 is 53.6 Å². The fourth-order valence-electron chi connectivity index (χ4n) is 10.1. The van der Waals surface area contributed by atoms with Gasteiger partial charge in [0.25, 0.3) is 0 Å². The van der Waals surface area contributed by atoms with Crippen LogP contribution in [0.25, 0.3) is 0 Å². The normalized spacial score (nSPS) is 44.9. The summed E-state index contributed by atoms with van der Waals surface area (Å²) >= 11 is 6.15. The van der Waals surface area contributed by atoms with E-state index in [2.05, 4.69) is 11.8 Å². The van der Waals surface area contributed by atoms with Gasteiger partial charge in [0.15, 0.2) is 12.6 Å². The highest BCUT2D eigenvalue weighted by Crippen LogP contribution is 2.48. The van der Waals surface area contributed by atoms with Crippen molar-refractivity contribution in [3.8, 4) is 0 Å². The fraction of sp³-hybridized carbons (Fsp3) is 0.837. The van der Waals surface area contributed by atoms with E-state index in [1.165, 1.54) is 14.0 Å². The number of hydrogen-bond acceptors (Lipinski definition) is 13. The second-order valence-corrected chi connectivity index (χ2v) is 18.8. The maximum absolute atomic E-state index is 14.4. The molecule has 0 spiro atoms. The Labute approximate surface area is 344 Å². The number of fused-ring (bicyclic) bond motifs is 2. The molecule has 5 rings (SSSR count). The predicted molar refractivity (Wildman–Crippen MR) is 213 cm³/mol. The van der Waals surface area contributed by atoms with Crippen molar-refractivity contribution < 1.29 is 58.4 Å². The molecule has 4 aliphatic rings. The maximum Gasteiger partial charge on any atom is 0.311 e. The van der Waals surface area contributed by atoms with Crippen LogP contribution in [0.15, 0.2) is 24.3 Å². The lowest BCUT2D eigenvalue weighted by Gasteiger charge is -2.48. The number of methoxy groups -OCH3 is 1. The van der Waals surface area contributed by atoms with Gasteiger partial charge in [-0.1, -0.05) is 51.4 Å². The van der Waals surface area contributed by atoms with Crippen molar-refractivity contribution in [1.29, 1.82) is 0 Å². The van der Waals surface area contributed by atoms with Crippen LogP contribution < -0.4 is 0 Å². The molecule has 4 heterocycles. The summed E-state index contributed by atoms with van der Waals surface area (Å²) in [4.78, 5) is 16.5. The quantitative estimate of drug-likeness (QED) is 0.224. The zero-order valence-corrected chi connectivity index (χ0v) is 36.7. The molecular formula is C43H70ClNO12. The van der Waals surface area contributed by atoms with Crippen molar-refractivity contribution in [3.63, 3.8) is 0 Å². The van der Waals surface area contributed by atoms with Crippen molar-refractivity contribution >= 4 is 17.6 Å². The first-order valence-corrected chi connectivity index (χ1v) is 21.2. The number of rotatable bonds is 11. The number of carbonyl (C=O) groups excluding carboxylic acids is 1. The molecule has 19 atom stereocenters. The summed E-state index contributed by atoms with van der Waals surface area (Å²) < 4.78 is 45.6. The van der Waals surface area contributed by atoms with E-state index in [9.17, 15) is 25.2 Å². The van der Waals surface area contributed by atoms with Crippen LogP contribution in [0.5, 0.6) is 0 Å². The number of hydrogen-bond donors (Lipinski definition) is 4. The minimum Gasteiger partial charge on any atom is -0.459 e. The number of aliphatic hydroxyl groups is 4. The molecule has 0 radical (unpaired) electrons. The molecule has 0 amide bonds. The smallest absolute Gasteiger partial charge is 0.311 e. The number of likely N-dealkylation sites (N-methyl/N-ethyl adjacent to an activating group) is 1. The Morgan fingerprint density at radius 2 is 1.67 bits per heavy atom. The van der Waals surface area contributed by atoms with Gasteiger partial charge in [-0.05, 0) is 91.5 Å². The largest absolute Gasteiger partial charge is 0.459 e. The summed E-state index contributed by atoms with van der Waals surface area (Å²) in [6.45, 7) is 18.9. The number of nitrogens with zero attached hydrogens (tertiary/aromatic N) is 1. The number of cyclic esters (lactones) is 1. The number of benzene rings is 1. The van der Waals surface area contributed by atoms with Crippen LogP contribution in [-0.2, 0) is 44.5 Å². The Balaban J connectivity index is 1.55. The molecule has 326 valence electrons. The van der Waals surface area contributed by atoms with Crippen molar-refractivity contribution in [2.45, 2.75) is 192 Å². The van der Waals surface area contributed by atoms with Crippen LogP contribution in [0.4, 0.5) is 0 Å². The molecule has 4 N–H and O–H groups in total. The molecule has 1 aromatic rings. The second-order valence-electron chi connectivity index (χ2n) is 18.3. The topological polar surface area (TPSA) is 166 Å². The number of ether oxygens (including phenoxy) is 7. The monoisotopic (exact) mass is 827 g/mol. The molecule has 2 bridgehead atoms. The second kappa shape index (κ2) is 18.3. The van der Waals surface area contributed by atoms with Crippen LogP contribution in [0.3, 0.4) is 0 Å². The van der Waals surface area contributed by atoms with Gasteiger partial charge in [-0.2, -0.15) is 0 Å². The lowest BCUT2D eigenvalue weighted by atomic mass is 9.76. The summed E-state index contributed by atoms with van der Waals surface area (Å²) in [6, 6.07) is 7.31. The summed E-state index contributed by atoms with van der Waals surface area (Å²) in [5, 5.41) is 46.7. The van der Waals surface area contributed by atoms with Gasteiger partial charge in [-0.3, -0.25) is 9.69 Å². The van der Waals surface area contributed by atoms with E-state index in [4.69, 9.17) is 44.8 Å². The Morgan fingerprint density at radius 3 is 2.28 bits per heavy atom. The Morgan fingerprint density at radius 1 is 1.02 bits per heavy atom. The van der Waals surface area contributed by atoms with Crippen molar-refractivity contribution in [2.24, 2.45) is 23.7 Å². The molecule has 4 aliphatic heterocycles. The van der Waals surface area contributed by atoms with E-state index in [0.29, 0.717) is 24.4 Å². The van der Waals surface area contributed by atoms with Gasteiger partial charge in [0.05, 0.1) is 53.7 Å². The van der Waals surface area contributed by atoms with Crippen molar-refractivity contribution in [1.82, 2.24) is 4.90 Å². The zero-order valence-electron chi connectivity index (χ0n) is 36.0. The van der Waals surface area contributed by atoms with Gasteiger partial charge >= 0.3 is 5.97 Å². The third-order valence-electron chi connectivity index (χ3n) is 13.6. The van der Waals surface area contributed by atoms with Crippen LogP contribution in [-0.4, -0.2) is 136 Å². The van der Waals surface area contributed by atoms with Gasteiger partial charge in [0, 0.05) is 43.0 Å².